The normalized spacial score (nSPS) is 11.5. The second-order valence-electron chi connectivity index (χ2n) is 5.72. The van der Waals surface area contributed by atoms with Crippen LogP contribution in [0.2, 0.25) is 0 Å². The van der Waals surface area contributed by atoms with Gasteiger partial charge in [-0.1, -0.05) is 26.7 Å². The van der Waals surface area contributed by atoms with Crippen LogP contribution in [0.25, 0.3) is 17.0 Å². The average Bonchev–Trinajstić information content (AvgIpc) is 3.18. The van der Waals surface area contributed by atoms with Crippen molar-refractivity contribution in [3.63, 3.8) is 0 Å². The Morgan fingerprint density at radius 3 is 2.72 bits per heavy atom. The molecule has 0 bridgehead atoms. The van der Waals surface area contributed by atoms with Gasteiger partial charge in [0.05, 0.1) is 11.8 Å². The fourth-order valence-electron chi connectivity index (χ4n) is 2.62. The van der Waals surface area contributed by atoms with E-state index >= 15 is 0 Å². The number of carboxylic acid groups (broad SMARTS) is 1. The lowest BCUT2D eigenvalue weighted by Crippen LogP contribution is -2.19. The molecule has 3 heterocycles. The molecule has 3 rings (SSSR count). The topological polar surface area (TPSA) is 119 Å². The van der Waals surface area contributed by atoms with Crippen LogP contribution in [0.5, 0.6) is 0 Å². The van der Waals surface area contributed by atoms with E-state index in [-0.39, 0.29) is 28.5 Å². The van der Waals surface area contributed by atoms with Gasteiger partial charge in [0.15, 0.2) is 11.0 Å². The van der Waals surface area contributed by atoms with E-state index in [0.717, 1.165) is 23.7 Å². The Balaban J connectivity index is 2.09. The number of aromatic nitrogens is 6. The lowest BCUT2D eigenvalue weighted by Gasteiger charge is -2.12. The van der Waals surface area contributed by atoms with Gasteiger partial charge in [-0.2, -0.15) is 9.49 Å². The Morgan fingerprint density at radius 1 is 1.40 bits per heavy atom. The minimum atomic E-state index is -1.17. The highest BCUT2D eigenvalue weighted by molar-refractivity contribution is 5.87. The molecule has 0 radical (unpaired) electrons. The molecule has 0 spiro atoms. The van der Waals surface area contributed by atoms with Crippen LogP contribution in [0, 0.1) is 11.9 Å². The van der Waals surface area contributed by atoms with E-state index in [2.05, 4.69) is 20.2 Å². The minimum Gasteiger partial charge on any atom is -0.478 e. The number of fused-ring (bicyclic) bond motifs is 1. The summed E-state index contributed by atoms with van der Waals surface area (Å²) in [4.78, 5) is 29.9. The zero-order valence-corrected chi connectivity index (χ0v) is 13.7. The van der Waals surface area contributed by atoms with E-state index in [1.807, 2.05) is 13.8 Å². The van der Waals surface area contributed by atoms with Crippen molar-refractivity contribution >= 4 is 17.0 Å². The number of hydrogen-bond donors (Lipinski definition) is 2. The van der Waals surface area contributed by atoms with Crippen molar-refractivity contribution in [3.05, 3.63) is 34.3 Å². The van der Waals surface area contributed by atoms with Crippen LogP contribution in [-0.4, -0.2) is 40.6 Å². The van der Waals surface area contributed by atoms with Gasteiger partial charge in [-0.3, -0.25) is 14.5 Å². The monoisotopic (exact) mass is 348 g/mol. The summed E-state index contributed by atoms with van der Waals surface area (Å²) in [7, 11) is 0. The molecular weight excluding hydrogens is 331 g/mol. The molecule has 0 aliphatic rings. The van der Waals surface area contributed by atoms with Crippen LogP contribution in [0.4, 0.5) is 4.39 Å². The molecule has 0 saturated heterocycles. The van der Waals surface area contributed by atoms with E-state index in [0.29, 0.717) is 6.54 Å². The molecule has 0 aliphatic carbocycles. The summed E-state index contributed by atoms with van der Waals surface area (Å²) >= 11 is 0. The van der Waals surface area contributed by atoms with Crippen molar-refractivity contribution in [1.82, 2.24) is 29.5 Å². The zero-order chi connectivity index (χ0) is 18.1. The van der Waals surface area contributed by atoms with Gasteiger partial charge >= 0.3 is 5.97 Å². The number of aromatic carboxylic acids is 1. The molecule has 0 unspecified atom stereocenters. The van der Waals surface area contributed by atoms with Gasteiger partial charge in [-0.25, -0.2) is 14.5 Å². The molecule has 10 heteroatoms. The molecule has 0 saturated carbocycles. The Morgan fingerprint density at radius 2 is 2.12 bits per heavy atom. The van der Waals surface area contributed by atoms with Gasteiger partial charge in [-0.15, -0.1) is 5.10 Å². The maximum absolute atomic E-state index is 14.2. The van der Waals surface area contributed by atoms with E-state index in [1.54, 1.807) is 0 Å². The minimum absolute atomic E-state index is 0.0544. The third kappa shape index (κ3) is 3.02. The summed E-state index contributed by atoms with van der Waals surface area (Å²) in [6.45, 7) is 4.46. The summed E-state index contributed by atoms with van der Waals surface area (Å²) in [6.07, 6.45) is 4.06. The zero-order valence-electron chi connectivity index (χ0n) is 13.7. The number of H-pyrrole nitrogens is 1. The highest BCUT2D eigenvalue weighted by Crippen LogP contribution is 2.17. The molecule has 3 aromatic rings. The van der Waals surface area contributed by atoms with Crippen molar-refractivity contribution < 1.29 is 14.3 Å². The van der Waals surface area contributed by atoms with Crippen LogP contribution in [0.1, 0.15) is 37.0 Å². The van der Waals surface area contributed by atoms with Gasteiger partial charge in [0.2, 0.25) is 5.95 Å². The number of rotatable bonds is 6. The molecule has 0 aliphatic heterocycles. The van der Waals surface area contributed by atoms with Crippen molar-refractivity contribution in [3.8, 4) is 5.95 Å². The third-order valence-corrected chi connectivity index (χ3v) is 4.18. The fourth-order valence-corrected chi connectivity index (χ4v) is 2.62. The summed E-state index contributed by atoms with van der Waals surface area (Å²) in [5.74, 6) is -1.82. The van der Waals surface area contributed by atoms with Crippen molar-refractivity contribution in [2.24, 2.45) is 5.92 Å². The van der Waals surface area contributed by atoms with Gasteiger partial charge in [0.1, 0.15) is 0 Å². The van der Waals surface area contributed by atoms with Crippen molar-refractivity contribution in [2.75, 3.05) is 0 Å². The SMILES string of the molecule is CCC(CC)Cn1nc(F)c2nc(-n3cc(C(=O)O)cn3)[nH]c(=O)c21. The Hall–Kier alpha value is -3.04. The quantitative estimate of drug-likeness (QED) is 0.698. The van der Waals surface area contributed by atoms with E-state index in [4.69, 9.17) is 5.11 Å². The van der Waals surface area contributed by atoms with E-state index in [9.17, 15) is 14.0 Å². The van der Waals surface area contributed by atoms with Crippen LogP contribution in [0.15, 0.2) is 17.2 Å². The largest absolute Gasteiger partial charge is 0.478 e. The molecule has 3 aromatic heterocycles. The van der Waals surface area contributed by atoms with E-state index < -0.39 is 17.5 Å². The number of nitrogens with one attached hydrogen (secondary N) is 1. The molecule has 0 amide bonds. The lowest BCUT2D eigenvalue weighted by atomic mass is 10.0. The average molecular weight is 348 g/mol. The summed E-state index contributed by atoms with van der Waals surface area (Å²) < 4.78 is 16.6. The highest BCUT2D eigenvalue weighted by atomic mass is 19.1. The summed E-state index contributed by atoms with van der Waals surface area (Å²) in [5.41, 5.74) is -0.752. The Kier molecular flexibility index (Phi) is 4.34. The maximum Gasteiger partial charge on any atom is 0.338 e. The van der Waals surface area contributed by atoms with Crippen LogP contribution < -0.4 is 5.56 Å². The van der Waals surface area contributed by atoms with Gasteiger partial charge in [-0.05, 0) is 5.92 Å². The Bertz CT molecular complexity index is 985. The molecule has 25 heavy (non-hydrogen) atoms. The van der Waals surface area contributed by atoms with Gasteiger partial charge in [0.25, 0.3) is 11.5 Å². The van der Waals surface area contributed by atoms with E-state index in [1.165, 1.54) is 10.9 Å². The highest BCUT2D eigenvalue weighted by Gasteiger charge is 2.19. The standard InChI is InChI=1S/C15H17FN6O3/c1-3-8(4-2)6-21-11-10(12(16)20-21)18-15(19-13(11)23)22-7-9(5-17-22)14(24)25/h5,7-8H,3-4,6H2,1-2H3,(H,24,25)(H,18,19,23). The predicted molar refractivity (Wildman–Crippen MR) is 86.3 cm³/mol. The molecule has 0 atom stereocenters. The first-order chi connectivity index (χ1) is 11.9. The molecule has 0 fully saturated rings. The first-order valence-corrected chi connectivity index (χ1v) is 7.89. The first kappa shape index (κ1) is 16.8. The molecular formula is C15H17FN6O3. The fraction of sp³-hybridized carbons (Fsp3) is 0.400. The lowest BCUT2D eigenvalue weighted by molar-refractivity contribution is 0.0697. The second kappa shape index (κ2) is 6.46. The second-order valence-corrected chi connectivity index (χ2v) is 5.72. The number of halogens is 1. The number of hydrogen-bond acceptors (Lipinski definition) is 5. The maximum atomic E-state index is 14.2. The molecule has 9 nitrogen and oxygen atoms in total. The van der Waals surface area contributed by atoms with Gasteiger partial charge in [0, 0.05) is 12.7 Å². The molecule has 0 aromatic carbocycles. The number of nitrogens with zero attached hydrogens (tertiary/aromatic N) is 5. The van der Waals surface area contributed by atoms with Crippen LogP contribution >= 0.6 is 0 Å². The Labute approximate surface area is 141 Å². The summed E-state index contributed by atoms with van der Waals surface area (Å²) in [5, 5.41) is 16.5. The summed E-state index contributed by atoms with van der Waals surface area (Å²) in [6, 6.07) is 0. The first-order valence-electron chi connectivity index (χ1n) is 7.89. The number of carbonyl (C=O) groups is 1. The third-order valence-electron chi connectivity index (χ3n) is 4.18. The van der Waals surface area contributed by atoms with Crippen LogP contribution in [-0.2, 0) is 6.54 Å². The van der Waals surface area contributed by atoms with Crippen molar-refractivity contribution in [2.45, 2.75) is 33.2 Å². The molecule has 2 N–H and O–H groups in total. The van der Waals surface area contributed by atoms with Crippen molar-refractivity contribution in [1.29, 1.82) is 0 Å². The number of aromatic amines is 1. The predicted octanol–water partition coefficient (Wildman–Crippen LogP) is 1.58. The van der Waals surface area contributed by atoms with Crippen LogP contribution in [0.3, 0.4) is 0 Å². The molecule has 132 valence electrons. The van der Waals surface area contributed by atoms with Gasteiger partial charge < -0.3 is 5.11 Å². The smallest absolute Gasteiger partial charge is 0.338 e. The number of carboxylic acids is 1.